The highest BCUT2D eigenvalue weighted by Gasteiger charge is 2.45. The lowest BCUT2D eigenvalue weighted by Gasteiger charge is -2.39. The number of carboxylic acid groups (broad SMARTS) is 1. The third-order valence-electron chi connectivity index (χ3n) is 3.72. The van der Waals surface area contributed by atoms with Gasteiger partial charge >= 0.3 is 5.97 Å². The van der Waals surface area contributed by atoms with E-state index in [2.05, 4.69) is 0 Å². The van der Waals surface area contributed by atoms with Crippen LogP contribution in [0.1, 0.15) is 5.56 Å². The zero-order chi connectivity index (χ0) is 19.4. The summed E-state index contributed by atoms with van der Waals surface area (Å²) < 4.78 is 10.1. The number of hydrogen-bond acceptors (Lipinski definition) is 9. The van der Waals surface area contributed by atoms with Crippen LogP contribution in [-0.2, 0) is 14.3 Å². The van der Waals surface area contributed by atoms with E-state index in [1.807, 2.05) is 0 Å². The molecule has 0 amide bonds. The number of benzene rings is 1. The van der Waals surface area contributed by atoms with Gasteiger partial charge in [-0.2, -0.15) is 0 Å². The molecule has 0 spiro atoms. The van der Waals surface area contributed by atoms with Gasteiger partial charge in [0, 0.05) is 12.1 Å². The van der Waals surface area contributed by atoms with Gasteiger partial charge in [-0.05, 0) is 6.07 Å². The highest BCUT2D eigenvalue weighted by atomic mass is 16.7. The molecule has 0 saturated carbocycles. The lowest BCUT2D eigenvalue weighted by atomic mass is 9.99. The van der Waals surface area contributed by atoms with Crippen LogP contribution in [0.4, 0.5) is 5.69 Å². The van der Waals surface area contributed by atoms with E-state index >= 15 is 0 Å². The quantitative estimate of drug-likeness (QED) is 0.177. The molecule has 0 unspecified atom stereocenters. The molecule has 1 heterocycles. The predicted octanol–water partition coefficient (Wildman–Crippen LogP) is -1.16. The summed E-state index contributed by atoms with van der Waals surface area (Å²) in [5.41, 5.74) is -0.442. The molecule has 1 fully saturated rings. The topological polar surface area (TPSA) is 180 Å². The smallest absolute Gasteiger partial charge is 0.371 e. The summed E-state index contributed by atoms with van der Waals surface area (Å²) in [4.78, 5) is 21.7. The SMILES string of the molecule is O=C(O)/C(=C\c1ccccc1[N+](=O)[O-])O[C@H]1O[C@@H](CO)[C@H](O)[C@H](O)[C@H]1O. The van der Waals surface area contributed by atoms with Gasteiger partial charge < -0.3 is 35.0 Å². The molecule has 1 aromatic rings. The van der Waals surface area contributed by atoms with Gasteiger partial charge in [0.05, 0.1) is 17.1 Å². The highest BCUT2D eigenvalue weighted by molar-refractivity contribution is 5.90. The molecule has 1 saturated heterocycles. The van der Waals surface area contributed by atoms with Crippen molar-refractivity contribution in [2.45, 2.75) is 30.7 Å². The number of carboxylic acids is 1. The van der Waals surface area contributed by atoms with E-state index in [1.165, 1.54) is 24.3 Å². The normalized spacial score (nSPS) is 29.2. The maximum Gasteiger partial charge on any atom is 0.371 e. The largest absolute Gasteiger partial charge is 0.475 e. The van der Waals surface area contributed by atoms with Crippen molar-refractivity contribution >= 4 is 17.7 Å². The van der Waals surface area contributed by atoms with Gasteiger partial charge in [-0.3, -0.25) is 10.1 Å². The molecule has 0 aromatic heterocycles. The van der Waals surface area contributed by atoms with Crippen molar-refractivity contribution in [3.8, 4) is 0 Å². The molecule has 142 valence electrons. The van der Waals surface area contributed by atoms with Gasteiger partial charge in [-0.15, -0.1) is 0 Å². The summed E-state index contributed by atoms with van der Waals surface area (Å²) in [6.07, 6.45) is -7.37. The van der Waals surface area contributed by atoms with Gasteiger partial charge in [-0.25, -0.2) is 4.79 Å². The fourth-order valence-corrected chi connectivity index (χ4v) is 2.35. The molecular weight excluding hydrogens is 354 g/mol. The molecule has 1 aliphatic heterocycles. The monoisotopic (exact) mass is 371 g/mol. The van der Waals surface area contributed by atoms with E-state index in [0.717, 1.165) is 6.08 Å². The van der Waals surface area contributed by atoms with Crippen LogP contribution in [-0.4, -0.2) is 73.7 Å². The third kappa shape index (κ3) is 4.15. The Morgan fingerprint density at radius 2 is 1.88 bits per heavy atom. The summed E-state index contributed by atoms with van der Waals surface area (Å²) in [5.74, 6) is -2.41. The minimum atomic E-state index is -1.82. The van der Waals surface area contributed by atoms with E-state index in [1.54, 1.807) is 0 Å². The summed E-state index contributed by atoms with van der Waals surface area (Å²) in [6.45, 7) is -0.721. The van der Waals surface area contributed by atoms with E-state index in [9.17, 15) is 35.3 Å². The average molecular weight is 371 g/mol. The van der Waals surface area contributed by atoms with Crippen molar-refractivity contribution in [3.05, 3.63) is 45.7 Å². The fraction of sp³-hybridized carbons (Fsp3) is 0.400. The van der Waals surface area contributed by atoms with Crippen LogP contribution in [0.15, 0.2) is 30.0 Å². The van der Waals surface area contributed by atoms with Crippen molar-refractivity contribution in [3.63, 3.8) is 0 Å². The van der Waals surface area contributed by atoms with Crippen LogP contribution >= 0.6 is 0 Å². The Hall–Kier alpha value is -2.57. The molecule has 0 radical (unpaired) electrons. The second-order valence-electron chi connectivity index (χ2n) is 5.44. The minimum absolute atomic E-state index is 0.0699. The van der Waals surface area contributed by atoms with E-state index in [-0.39, 0.29) is 11.3 Å². The van der Waals surface area contributed by atoms with Crippen molar-refractivity contribution in [2.75, 3.05) is 6.61 Å². The molecular formula is C15H17NO10. The number of hydrogen-bond donors (Lipinski definition) is 5. The number of aliphatic hydroxyl groups is 4. The number of aliphatic hydroxyl groups excluding tert-OH is 4. The number of nitrogens with zero attached hydrogens (tertiary/aromatic N) is 1. The molecule has 1 aliphatic rings. The second-order valence-corrected chi connectivity index (χ2v) is 5.44. The number of rotatable bonds is 6. The Labute approximate surface area is 146 Å². The zero-order valence-electron chi connectivity index (χ0n) is 13.2. The van der Waals surface area contributed by atoms with E-state index < -0.39 is 54.0 Å². The number of carbonyl (C=O) groups is 1. The van der Waals surface area contributed by atoms with Crippen molar-refractivity contribution in [2.24, 2.45) is 0 Å². The molecule has 1 aromatic carbocycles. The number of ether oxygens (including phenoxy) is 2. The van der Waals surface area contributed by atoms with E-state index in [0.29, 0.717) is 0 Å². The molecule has 2 rings (SSSR count). The predicted molar refractivity (Wildman–Crippen MR) is 83.6 cm³/mol. The molecule has 5 N–H and O–H groups in total. The maximum absolute atomic E-state index is 11.4. The highest BCUT2D eigenvalue weighted by Crippen LogP contribution is 2.26. The van der Waals surface area contributed by atoms with Crippen LogP contribution < -0.4 is 0 Å². The Morgan fingerprint density at radius 1 is 1.23 bits per heavy atom. The molecule has 11 heteroatoms. The van der Waals surface area contributed by atoms with Gasteiger partial charge in [0.25, 0.3) is 5.69 Å². The molecule has 0 aliphatic carbocycles. The first-order valence-electron chi connectivity index (χ1n) is 7.41. The molecule has 11 nitrogen and oxygen atoms in total. The van der Waals surface area contributed by atoms with Crippen molar-refractivity contribution < 1.29 is 44.7 Å². The minimum Gasteiger partial charge on any atom is -0.475 e. The standard InChI is InChI=1S/C15H17NO10/c17-6-10-11(18)12(19)13(20)15(26-10)25-9(14(21)22)5-7-3-1-2-4-8(7)16(23)24/h1-5,10-13,15,17-20H,6H2,(H,21,22)/b9-5+/t10-,11-,12-,13+,15-/m0/s1. The Bertz CT molecular complexity index is 703. The second kappa shape index (κ2) is 8.21. The first-order valence-corrected chi connectivity index (χ1v) is 7.41. The van der Waals surface area contributed by atoms with Gasteiger partial charge in [0.15, 0.2) is 0 Å². The van der Waals surface area contributed by atoms with Crippen molar-refractivity contribution in [1.82, 2.24) is 0 Å². The summed E-state index contributed by atoms with van der Waals surface area (Å²) >= 11 is 0. The number of aliphatic carboxylic acids is 1. The first kappa shape index (κ1) is 19.8. The van der Waals surface area contributed by atoms with Crippen LogP contribution in [0.5, 0.6) is 0 Å². The summed E-state index contributed by atoms with van der Waals surface area (Å²) in [6, 6.07) is 5.30. The Kier molecular flexibility index (Phi) is 6.23. The lowest BCUT2D eigenvalue weighted by Crippen LogP contribution is -2.59. The van der Waals surface area contributed by atoms with Crippen LogP contribution in [0.3, 0.4) is 0 Å². The van der Waals surface area contributed by atoms with Crippen molar-refractivity contribution in [1.29, 1.82) is 0 Å². The third-order valence-corrected chi connectivity index (χ3v) is 3.72. The van der Waals surface area contributed by atoms with Crippen LogP contribution in [0, 0.1) is 10.1 Å². The van der Waals surface area contributed by atoms with Crippen LogP contribution in [0.25, 0.3) is 6.08 Å². The summed E-state index contributed by atoms with van der Waals surface area (Å²) in [7, 11) is 0. The van der Waals surface area contributed by atoms with E-state index in [4.69, 9.17) is 14.6 Å². The number of nitro groups is 1. The summed E-state index contributed by atoms with van der Waals surface area (Å²) in [5, 5.41) is 58.7. The average Bonchev–Trinajstić information content (AvgIpc) is 2.61. The lowest BCUT2D eigenvalue weighted by molar-refractivity contribution is -0.385. The van der Waals surface area contributed by atoms with Crippen LogP contribution in [0.2, 0.25) is 0 Å². The Balaban J connectivity index is 2.31. The van der Waals surface area contributed by atoms with Gasteiger partial charge in [0.1, 0.15) is 24.4 Å². The fourth-order valence-electron chi connectivity index (χ4n) is 2.35. The number of nitro benzene ring substituents is 1. The zero-order valence-corrected chi connectivity index (χ0v) is 13.2. The Morgan fingerprint density at radius 3 is 2.46 bits per heavy atom. The molecule has 26 heavy (non-hydrogen) atoms. The molecule has 5 atom stereocenters. The first-order chi connectivity index (χ1) is 12.3. The van der Waals surface area contributed by atoms with Gasteiger partial charge in [-0.1, -0.05) is 12.1 Å². The number of para-hydroxylation sites is 1. The molecule has 0 bridgehead atoms. The van der Waals surface area contributed by atoms with Gasteiger partial charge in [0.2, 0.25) is 12.0 Å². The maximum atomic E-state index is 11.4.